The molecular weight excluding hydrogens is 318 g/mol. The van der Waals surface area contributed by atoms with Gasteiger partial charge >= 0.3 is 116 Å². The second kappa shape index (κ2) is 9.94. The number of ketones is 1. The van der Waals surface area contributed by atoms with Crippen molar-refractivity contribution in [2.45, 2.75) is 45.9 Å². The minimum atomic E-state index is -3.00. The second-order valence-corrected chi connectivity index (χ2v) is 10.6. The van der Waals surface area contributed by atoms with Crippen LogP contribution in [0.4, 0.5) is 0 Å². The van der Waals surface area contributed by atoms with Gasteiger partial charge in [-0.15, -0.1) is 0 Å². The van der Waals surface area contributed by atoms with E-state index in [-0.39, 0.29) is 5.78 Å². The van der Waals surface area contributed by atoms with Gasteiger partial charge in [0.1, 0.15) is 0 Å². The summed E-state index contributed by atoms with van der Waals surface area (Å²) in [5.41, 5.74) is 1.21. The molecule has 0 heterocycles. The van der Waals surface area contributed by atoms with Crippen molar-refractivity contribution in [3.05, 3.63) is 11.6 Å². The first-order chi connectivity index (χ1) is 8.43. The SMILES string of the molecule is CCOP(=O)(OCC)[Se]CC(=O)CCC=C(C)C. The molecule has 0 bridgehead atoms. The van der Waals surface area contributed by atoms with Crippen molar-refractivity contribution in [2.75, 3.05) is 13.2 Å². The van der Waals surface area contributed by atoms with E-state index in [2.05, 4.69) is 0 Å². The molecular formula is C12H23O4PSe. The zero-order valence-electron chi connectivity index (χ0n) is 11.6. The molecule has 0 aromatic heterocycles. The molecule has 0 saturated carbocycles. The van der Waals surface area contributed by atoms with Gasteiger partial charge in [-0.05, 0) is 0 Å². The Kier molecular flexibility index (Phi) is 9.98. The average molecular weight is 341 g/mol. The van der Waals surface area contributed by atoms with E-state index in [0.29, 0.717) is 25.0 Å². The fourth-order valence-electron chi connectivity index (χ4n) is 1.17. The molecule has 0 amide bonds. The molecule has 6 heteroatoms. The summed E-state index contributed by atoms with van der Waals surface area (Å²) >= 11 is -0.416. The van der Waals surface area contributed by atoms with Crippen molar-refractivity contribution >= 4 is 26.6 Å². The van der Waals surface area contributed by atoms with Crippen LogP contribution in [-0.2, 0) is 18.4 Å². The van der Waals surface area contributed by atoms with E-state index in [1.807, 2.05) is 19.9 Å². The number of hydrogen-bond acceptors (Lipinski definition) is 4. The first kappa shape index (κ1) is 18.1. The van der Waals surface area contributed by atoms with Gasteiger partial charge in [-0.25, -0.2) is 0 Å². The molecule has 4 nitrogen and oxygen atoms in total. The normalized spacial score (nSPS) is 11.3. The summed E-state index contributed by atoms with van der Waals surface area (Å²) < 4.78 is 22.4. The molecule has 0 aliphatic heterocycles. The van der Waals surface area contributed by atoms with Crippen LogP contribution in [0.5, 0.6) is 0 Å². The molecule has 106 valence electrons. The van der Waals surface area contributed by atoms with Gasteiger partial charge in [-0.1, -0.05) is 0 Å². The van der Waals surface area contributed by atoms with E-state index in [1.165, 1.54) is 5.57 Å². The summed E-state index contributed by atoms with van der Waals surface area (Å²) in [6, 6.07) is 0. The van der Waals surface area contributed by atoms with Gasteiger partial charge < -0.3 is 0 Å². The van der Waals surface area contributed by atoms with Gasteiger partial charge in [-0.3, -0.25) is 0 Å². The van der Waals surface area contributed by atoms with Crippen molar-refractivity contribution in [1.29, 1.82) is 0 Å². The Labute approximate surface area is 116 Å². The third kappa shape index (κ3) is 9.07. The maximum atomic E-state index is 12.1. The van der Waals surface area contributed by atoms with Gasteiger partial charge in [0.15, 0.2) is 0 Å². The van der Waals surface area contributed by atoms with Crippen molar-refractivity contribution < 1.29 is 18.4 Å². The van der Waals surface area contributed by atoms with E-state index in [1.54, 1.807) is 13.8 Å². The minimum absolute atomic E-state index is 0.132. The molecule has 0 saturated heterocycles. The van der Waals surface area contributed by atoms with E-state index in [0.717, 1.165) is 6.42 Å². The van der Waals surface area contributed by atoms with Crippen LogP contribution < -0.4 is 0 Å². The molecule has 0 spiro atoms. The topological polar surface area (TPSA) is 52.6 Å². The third-order valence-corrected chi connectivity index (χ3v) is 8.33. The van der Waals surface area contributed by atoms with Crippen LogP contribution in [0.15, 0.2) is 11.6 Å². The quantitative estimate of drug-likeness (QED) is 0.346. The van der Waals surface area contributed by atoms with Crippen LogP contribution in [0.3, 0.4) is 0 Å². The molecule has 0 fully saturated rings. The summed E-state index contributed by atoms with van der Waals surface area (Å²) in [7, 11) is 0. The van der Waals surface area contributed by atoms with Crippen LogP contribution in [0.1, 0.15) is 40.5 Å². The molecule has 0 aliphatic carbocycles. The Morgan fingerprint density at radius 3 is 2.22 bits per heavy atom. The molecule has 0 atom stereocenters. The predicted octanol–water partition coefficient (Wildman–Crippen LogP) is 3.61. The Hall–Kier alpha value is 0.0795. The summed E-state index contributed by atoms with van der Waals surface area (Å²) in [5, 5.41) is 0.320. The van der Waals surface area contributed by atoms with Crippen molar-refractivity contribution in [1.82, 2.24) is 0 Å². The van der Waals surface area contributed by atoms with Gasteiger partial charge in [0, 0.05) is 0 Å². The predicted molar refractivity (Wildman–Crippen MR) is 75.1 cm³/mol. The number of carbonyl (C=O) groups is 1. The summed E-state index contributed by atoms with van der Waals surface area (Å²) in [5.74, 6) is 0.132. The van der Waals surface area contributed by atoms with Crippen molar-refractivity contribution in [3.8, 4) is 0 Å². The molecule has 0 unspecified atom stereocenters. The third-order valence-electron chi connectivity index (χ3n) is 1.93. The number of Topliss-reactive ketones (excluding diaryl/α,β-unsaturated/α-hetero) is 1. The Bertz CT molecular complexity index is 314. The first-order valence-corrected chi connectivity index (χ1v) is 11.1. The van der Waals surface area contributed by atoms with Gasteiger partial charge in [0.05, 0.1) is 0 Å². The van der Waals surface area contributed by atoms with Gasteiger partial charge in [-0.2, -0.15) is 0 Å². The fourth-order valence-corrected chi connectivity index (χ4v) is 6.80. The zero-order chi connectivity index (χ0) is 14.0. The molecule has 0 N–H and O–H groups in total. The average Bonchev–Trinajstić information content (AvgIpc) is 2.27. The summed E-state index contributed by atoms with van der Waals surface area (Å²) in [6.45, 7) is 8.27. The van der Waals surface area contributed by atoms with Crippen molar-refractivity contribution in [2.24, 2.45) is 0 Å². The fraction of sp³-hybridized carbons (Fsp3) is 0.750. The Morgan fingerprint density at radius 2 is 1.78 bits per heavy atom. The van der Waals surface area contributed by atoms with Crippen LogP contribution in [-0.4, -0.2) is 33.5 Å². The van der Waals surface area contributed by atoms with E-state index in [4.69, 9.17) is 9.05 Å². The maximum absolute atomic E-state index is 12.1. The van der Waals surface area contributed by atoms with E-state index >= 15 is 0 Å². The van der Waals surface area contributed by atoms with Crippen molar-refractivity contribution in [3.63, 3.8) is 0 Å². The molecule has 0 rings (SSSR count). The Balaban J connectivity index is 4.07. The summed E-state index contributed by atoms with van der Waals surface area (Å²) in [4.78, 5) is 11.6. The van der Waals surface area contributed by atoms with Crippen LogP contribution >= 0.6 is 6.29 Å². The molecule has 0 aromatic rings. The first-order valence-electron chi connectivity index (χ1n) is 6.12. The molecule has 0 aromatic carbocycles. The number of hydrogen-bond donors (Lipinski definition) is 0. The standard InChI is InChI=1S/C12H23O4PSe/c1-5-15-17(14,16-6-2)18-10-12(13)9-7-8-11(3)4/h8H,5-7,9-10H2,1-4H3. The van der Waals surface area contributed by atoms with Gasteiger partial charge in [0.2, 0.25) is 0 Å². The van der Waals surface area contributed by atoms with Crippen LogP contribution in [0, 0.1) is 0 Å². The molecule has 0 aliphatic rings. The monoisotopic (exact) mass is 342 g/mol. The number of carbonyl (C=O) groups excluding carboxylic acids is 1. The van der Waals surface area contributed by atoms with E-state index < -0.39 is 20.8 Å². The molecule has 18 heavy (non-hydrogen) atoms. The van der Waals surface area contributed by atoms with E-state index in [9.17, 15) is 9.36 Å². The molecule has 0 radical (unpaired) electrons. The number of rotatable bonds is 10. The second-order valence-electron chi connectivity index (χ2n) is 3.92. The number of allylic oxidation sites excluding steroid dienone is 2. The summed E-state index contributed by atoms with van der Waals surface area (Å²) in [6.07, 6.45) is 0.299. The van der Waals surface area contributed by atoms with Crippen LogP contribution in [0.2, 0.25) is 5.32 Å². The zero-order valence-corrected chi connectivity index (χ0v) is 14.2. The van der Waals surface area contributed by atoms with Crippen LogP contribution in [0.25, 0.3) is 0 Å². The van der Waals surface area contributed by atoms with Gasteiger partial charge in [0.25, 0.3) is 0 Å². The Morgan fingerprint density at radius 1 is 1.22 bits per heavy atom.